The Morgan fingerprint density at radius 2 is 1.89 bits per heavy atom. The maximum absolute atomic E-state index is 11.4. The van der Waals surface area contributed by atoms with Gasteiger partial charge < -0.3 is 10.5 Å². The molecular formula is C16H23NO2. The molecule has 3 nitrogen and oxygen atoms in total. The number of esters is 1. The molecule has 104 valence electrons. The summed E-state index contributed by atoms with van der Waals surface area (Å²) < 4.78 is 5.32. The third-order valence-electron chi connectivity index (χ3n) is 3.58. The topological polar surface area (TPSA) is 52.3 Å². The molecule has 2 N–H and O–H groups in total. The Bertz CT molecular complexity index is 457. The monoisotopic (exact) mass is 261 g/mol. The summed E-state index contributed by atoms with van der Waals surface area (Å²) in [6.45, 7) is 8.25. The summed E-state index contributed by atoms with van der Waals surface area (Å²) in [6.07, 6.45) is 0.923. The van der Waals surface area contributed by atoms with Crippen molar-refractivity contribution < 1.29 is 9.53 Å². The lowest BCUT2D eigenvalue weighted by atomic mass is 9.86. The molecule has 0 radical (unpaired) electrons. The first-order chi connectivity index (χ1) is 8.79. The van der Waals surface area contributed by atoms with E-state index in [1.165, 1.54) is 11.1 Å². The first-order valence-corrected chi connectivity index (χ1v) is 6.85. The molecule has 0 amide bonds. The van der Waals surface area contributed by atoms with Crippen molar-refractivity contribution in [1.29, 1.82) is 0 Å². The molecule has 19 heavy (non-hydrogen) atoms. The SMILES string of the molecule is C[C@H](N)C(=O)OC1CC1c1ccc(C(C)(C)C)cc1. The zero-order chi connectivity index (χ0) is 14.2. The number of hydrogen-bond donors (Lipinski definition) is 1. The average molecular weight is 261 g/mol. The van der Waals surface area contributed by atoms with E-state index >= 15 is 0 Å². The van der Waals surface area contributed by atoms with E-state index in [4.69, 9.17) is 10.5 Å². The highest BCUT2D eigenvalue weighted by molar-refractivity contribution is 5.75. The number of benzene rings is 1. The summed E-state index contributed by atoms with van der Waals surface area (Å²) in [7, 11) is 0. The molecule has 2 unspecified atom stereocenters. The van der Waals surface area contributed by atoms with Crippen LogP contribution in [0.25, 0.3) is 0 Å². The Labute approximate surface area is 115 Å². The Kier molecular flexibility index (Phi) is 3.68. The lowest BCUT2D eigenvalue weighted by Gasteiger charge is -2.19. The van der Waals surface area contributed by atoms with Gasteiger partial charge in [-0.1, -0.05) is 45.0 Å². The normalized spacial score (nSPS) is 23.8. The van der Waals surface area contributed by atoms with E-state index in [2.05, 4.69) is 45.0 Å². The van der Waals surface area contributed by atoms with Gasteiger partial charge in [0.15, 0.2) is 0 Å². The van der Waals surface area contributed by atoms with Crippen LogP contribution in [0.3, 0.4) is 0 Å². The molecule has 1 fully saturated rings. The fourth-order valence-electron chi connectivity index (χ4n) is 2.14. The molecule has 3 heteroatoms. The van der Waals surface area contributed by atoms with Gasteiger partial charge in [0.25, 0.3) is 0 Å². The van der Waals surface area contributed by atoms with E-state index in [-0.39, 0.29) is 17.5 Å². The van der Waals surface area contributed by atoms with Crippen molar-refractivity contribution in [2.24, 2.45) is 5.73 Å². The largest absolute Gasteiger partial charge is 0.461 e. The molecule has 0 saturated heterocycles. The summed E-state index contributed by atoms with van der Waals surface area (Å²) in [5, 5.41) is 0. The summed E-state index contributed by atoms with van der Waals surface area (Å²) in [5.74, 6) is 0.0375. The van der Waals surface area contributed by atoms with Crippen molar-refractivity contribution in [3.05, 3.63) is 35.4 Å². The maximum Gasteiger partial charge on any atom is 0.322 e. The smallest absolute Gasteiger partial charge is 0.322 e. The van der Waals surface area contributed by atoms with E-state index in [1.807, 2.05) is 0 Å². The Balaban J connectivity index is 1.97. The number of carbonyl (C=O) groups excluding carboxylic acids is 1. The highest BCUT2D eigenvalue weighted by atomic mass is 16.6. The first-order valence-electron chi connectivity index (χ1n) is 6.85. The minimum absolute atomic E-state index is 0.0130. The average Bonchev–Trinajstić information content (AvgIpc) is 3.07. The van der Waals surface area contributed by atoms with Crippen molar-refractivity contribution >= 4 is 5.97 Å². The minimum Gasteiger partial charge on any atom is -0.461 e. The Morgan fingerprint density at radius 3 is 2.37 bits per heavy atom. The molecule has 1 aromatic carbocycles. The molecule has 1 aliphatic carbocycles. The predicted molar refractivity (Wildman–Crippen MR) is 76.0 cm³/mol. The van der Waals surface area contributed by atoms with Crippen LogP contribution in [0.15, 0.2) is 24.3 Å². The Morgan fingerprint density at radius 1 is 1.32 bits per heavy atom. The number of hydrogen-bond acceptors (Lipinski definition) is 3. The van der Waals surface area contributed by atoms with Crippen molar-refractivity contribution in [2.45, 2.75) is 57.6 Å². The van der Waals surface area contributed by atoms with Crippen LogP contribution in [0, 0.1) is 0 Å². The Hall–Kier alpha value is -1.35. The standard InChI is InChI=1S/C16H23NO2/c1-10(17)15(18)19-14-9-13(14)11-5-7-12(8-6-11)16(2,3)4/h5-8,10,13-14H,9,17H2,1-4H3/t10-,13?,14?/m0/s1. The van der Waals surface area contributed by atoms with Gasteiger partial charge in [-0.05, 0) is 29.9 Å². The molecular weight excluding hydrogens is 238 g/mol. The van der Waals surface area contributed by atoms with Gasteiger partial charge in [0.05, 0.1) is 0 Å². The summed E-state index contributed by atoms with van der Waals surface area (Å²) >= 11 is 0. The molecule has 0 aromatic heterocycles. The van der Waals surface area contributed by atoms with E-state index in [1.54, 1.807) is 6.92 Å². The number of rotatable bonds is 3. The quantitative estimate of drug-likeness (QED) is 0.851. The fourth-order valence-corrected chi connectivity index (χ4v) is 2.14. The first kappa shape index (κ1) is 14.1. The van der Waals surface area contributed by atoms with Gasteiger partial charge >= 0.3 is 5.97 Å². The molecule has 1 aromatic rings. The van der Waals surface area contributed by atoms with Gasteiger partial charge in [0.2, 0.25) is 0 Å². The number of nitrogens with two attached hydrogens (primary N) is 1. The lowest BCUT2D eigenvalue weighted by Crippen LogP contribution is -2.29. The zero-order valence-electron chi connectivity index (χ0n) is 12.1. The van der Waals surface area contributed by atoms with E-state index in [9.17, 15) is 4.79 Å². The second kappa shape index (κ2) is 4.97. The summed E-state index contributed by atoms with van der Waals surface area (Å²) in [4.78, 5) is 11.4. The van der Waals surface area contributed by atoms with Gasteiger partial charge in [0.1, 0.15) is 12.1 Å². The zero-order valence-corrected chi connectivity index (χ0v) is 12.1. The molecule has 1 saturated carbocycles. The lowest BCUT2D eigenvalue weighted by molar-refractivity contribution is -0.146. The minimum atomic E-state index is -0.537. The molecule has 3 atom stereocenters. The summed E-state index contributed by atoms with van der Waals surface area (Å²) in [5.41, 5.74) is 8.23. The van der Waals surface area contributed by atoms with Crippen molar-refractivity contribution in [2.75, 3.05) is 0 Å². The highest BCUT2D eigenvalue weighted by Crippen LogP contribution is 2.43. The van der Waals surface area contributed by atoms with E-state index in [0.717, 1.165) is 6.42 Å². The van der Waals surface area contributed by atoms with Crippen LogP contribution in [0.1, 0.15) is 51.2 Å². The van der Waals surface area contributed by atoms with Gasteiger partial charge in [-0.25, -0.2) is 0 Å². The fraction of sp³-hybridized carbons (Fsp3) is 0.562. The maximum atomic E-state index is 11.4. The molecule has 0 spiro atoms. The van der Waals surface area contributed by atoms with Crippen LogP contribution in [0.2, 0.25) is 0 Å². The number of ether oxygens (including phenoxy) is 1. The molecule has 0 bridgehead atoms. The molecule has 2 rings (SSSR count). The van der Waals surface area contributed by atoms with Crippen LogP contribution in [0.5, 0.6) is 0 Å². The van der Waals surface area contributed by atoms with Crippen LogP contribution >= 0.6 is 0 Å². The van der Waals surface area contributed by atoms with Gasteiger partial charge in [-0.15, -0.1) is 0 Å². The van der Waals surface area contributed by atoms with E-state index in [0.29, 0.717) is 5.92 Å². The molecule has 0 aliphatic heterocycles. The predicted octanol–water partition coefficient (Wildman–Crippen LogP) is 2.73. The second-order valence-electron chi connectivity index (χ2n) is 6.48. The van der Waals surface area contributed by atoms with Crippen LogP contribution in [-0.2, 0) is 14.9 Å². The van der Waals surface area contributed by atoms with Crippen LogP contribution in [0.4, 0.5) is 0 Å². The van der Waals surface area contributed by atoms with E-state index < -0.39 is 6.04 Å². The van der Waals surface area contributed by atoms with Crippen LogP contribution < -0.4 is 5.73 Å². The second-order valence-corrected chi connectivity index (χ2v) is 6.48. The van der Waals surface area contributed by atoms with Crippen molar-refractivity contribution in [3.63, 3.8) is 0 Å². The number of carbonyl (C=O) groups is 1. The molecule has 0 heterocycles. The van der Waals surface area contributed by atoms with Crippen molar-refractivity contribution in [1.82, 2.24) is 0 Å². The summed E-state index contributed by atoms with van der Waals surface area (Å²) in [6, 6.07) is 8.08. The third kappa shape index (κ3) is 3.35. The van der Waals surface area contributed by atoms with Gasteiger partial charge in [0, 0.05) is 5.92 Å². The highest BCUT2D eigenvalue weighted by Gasteiger charge is 2.42. The van der Waals surface area contributed by atoms with Gasteiger partial charge in [-0.2, -0.15) is 0 Å². The molecule has 1 aliphatic rings. The van der Waals surface area contributed by atoms with Crippen LogP contribution in [-0.4, -0.2) is 18.1 Å². The van der Waals surface area contributed by atoms with Crippen molar-refractivity contribution in [3.8, 4) is 0 Å². The third-order valence-corrected chi connectivity index (χ3v) is 3.58. The van der Waals surface area contributed by atoms with Gasteiger partial charge in [-0.3, -0.25) is 4.79 Å².